The zero-order valence-corrected chi connectivity index (χ0v) is 19.0. The minimum Gasteiger partial charge on any atom is -0.366 e. The summed E-state index contributed by atoms with van der Waals surface area (Å²) >= 11 is 0. The number of nitrogens with zero attached hydrogens (tertiary/aromatic N) is 4. The molecular weight excluding hydrogens is 464 g/mol. The summed E-state index contributed by atoms with van der Waals surface area (Å²) in [4.78, 5) is 56.4. The van der Waals surface area contributed by atoms with Gasteiger partial charge >= 0.3 is 0 Å². The van der Waals surface area contributed by atoms with Crippen LogP contribution in [0.4, 0.5) is 0 Å². The van der Waals surface area contributed by atoms with E-state index in [0.717, 1.165) is 0 Å². The van der Waals surface area contributed by atoms with E-state index in [2.05, 4.69) is 19.9 Å². The number of carbonyl (C=O) groups excluding carboxylic acids is 4. The van der Waals surface area contributed by atoms with Crippen LogP contribution in [0.15, 0.2) is 98.1 Å². The van der Waals surface area contributed by atoms with Crippen molar-refractivity contribution in [3.05, 3.63) is 120 Å². The second-order valence-corrected chi connectivity index (χ2v) is 6.42. The van der Waals surface area contributed by atoms with Crippen LogP contribution in [0.1, 0.15) is 41.4 Å². The number of amides is 4. The molecule has 0 radical (unpaired) electrons. The molecule has 4 amide bonds. The summed E-state index contributed by atoms with van der Waals surface area (Å²) in [7, 11) is 0. The van der Waals surface area contributed by atoms with Crippen molar-refractivity contribution < 1.29 is 19.2 Å². The van der Waals surface area contributed by atoms with E-state index in [1.54, 1.807) is 73.3 Å². The maximum absolute atomic E-state index is 10.4. The first-order chi connectivity index (χ1) is 17.2. The molecule has 0 spiro atoms. The van der Waals surface area contributed by atoms with Crippen LogP contribution in [0.2, 0.25) is 0 Å². The van der Waals surface area contributed by atoms with Gasteiger partial charge in [0.15, 0.2) is 0 Å². The molecule has 0 unspecified atom stereocenters. The third kappa shape index (κ3) is 11.9. The van der Waals surface area contributed by atoms with Gasteiger partial charge < -0.3 is 22.9 Å². The number of hydrogen-bond acceptors (Lipinski definition) is 8. The Morgan fingerprint density at radius 2 is 0.611 bits per heavy atom. The van der Waals surface area contributed by atoms with Gasteiger partial charge in [0.1, 0.15) is 0 Å². The van der Waals surface area contributed by atoms with Crippen molar-refractivity contribution in [2.24, 2.45) is 22.9 Å². The molecule has 4 rings (SSSR count). The largest absolute Gasteiger partial charge is 0.366 e. The maximum atomic E-state index is 10.4. The number of hydrogen-bond donors (Lipinski definition) is 4. The Labute approximate surface area is 206 Å². The number of rotatable bonds is 4. The summed E-state index contributed by atoms with van der Waals surface area (Å²) in [5.41, 5.74) is 21.5. The fourth-order valence-electron chi connectivity index (χ4n) is 2.03. The molecule has 4 aromatic heterocycles. The van der Waals surface area contributed by atoms with Crippen LogP contribution >= 0.6 is 0 Å². The van der Waals surface area contributed by atoms with E-state index in [0.29, 0.717) is 22.3 Å². The third-order valence-corrected chi connectivity index (χ3v) is 3.78. The van der Waals surface area contributed by atoms with Gasteiger partial charge in [0, 0.05) is 49.6 Å². The molecule has 4 aromatic rings. The van der Waals surface area contributed by atoms with Gasteiger partial charge in [0.05, 0.1) is 22.3 Å². The molecule has 0 saturated carbocycles. The van der Waals surface area contributed by atoms with Gasteiger partial charge in [-0.3, -0.25) is 39.1 Å². The minimum atomic E-state index is -0.442. The molecule has 0 aliphatic heterocycles. The van der Waals surface area contributed by atoms with E-state index >= 15 is 0 Å². The Hall–Kier alpha value is -5.52. The molecule has 0 aliphatic carbocycles. The quantitative estimate of drug-likeness (QED) is 0.319. The standard InChI is InChI=1S/4C6H6N2O/c4*7-6(9)5-2-1-3-8-4-5/h4*1-4H,(H2,7,9). The highest BCUT2D eigenvalue weighted by Crippen LogP contribution is 1.93. The van der Waals surface area contributed by atoms with Gasteiger partial charge in [-0.1, -0.05) is 0 Å². The van der Waals surface area contributed by atoms with E-state index in [-0.39, 0.29) is 0 Å². The van der Waals surface area contributed by atoms with Crippen molar-refractivity contribution in [1.29, 1.82) is 0 Å². The van der Waals surface area contributed by atoms with Crippen molar-refractivity contribution >= 4 is 23.6 Å². The first kappa shape index (κ1) is 28.5. The van der Waals surface area contributed by atoms with E-state index in [4.69, 9.17) is 22.9 Å². The highest BCUT2D eigenvalue weighted by atomic mass is 16.2. The van der Waals surface area contributed by atoms with Gasteiger partial charge in [0.25, 0.3) is 0 Å². The second kappa shape index (κ2) is 16.1. The predicted molar refractivity (Wildman–Crippen MR) is 131 cm³/mol. The Morgan fingerprint density at radius 3 is 0.694 bits per heavy atom. The van der Waals surface area contributed by atoms with Crippen LogP contribution in [0, 0.1) is 0 Å². The summed E-state index contributed by atoms with van der Waals surface area (Å²) in [6.07, 6.45) is 12.1. The molecule has 0 aromatic carbocycles. The fourth-order valence-corrected chi connectivity index (χ4v) is 2.03. The van der Waals surface area contributed by atoms with Gasteiger partial charge in [0.2, 0.25) is 23.6 Å². The first-order valence-electron chi connectivity index (χ1n) is 10.0. The van der Waals surface area contributed by atoms with E-state index in [9.17, 15) is 19.2 Å². The summed E-state index contributed by atoms with van der Waals surface area (Å²) in [6, 6.07) is 13.1. The molecule has 4 heterocycles. The number of nitrogens with two attached hydrogens (primary N) is 4. The topological polar surface area (TPSA) is 224 Å². The highest BCUT2D eigenvalue weighted by molar-refractivity contribution is 5.93. The molecular formula is C24H24N8O4. The fraction of sp³-hybridized carbons (Fsp3) is 0. The first-order valence-corrected chi connectivity index (χ1v) is 10.0. The second-order valence-electron chi connectivity index (χ2n) is 6.42. The molecule has 184 valence electrons. The SMILES string of the molecule is NC(=O)c1cccnc1.NC(=O)c1cccnc1.NC(=O)c1cccnc1.NC(=O)c1cccnc1. The van der Waals surface area contributed by atoms with E-state index < -0.39 is 23.6 Å². The number of pyridine rings is 4. The average molecular weight is 489 g/mol. The molecule has 0 bridgehead atoms. The van der Waals surface area contributed by atoms with Crippen LogP contribution in [0.5, 0.6) is 0 Å². The van der Waals surface area contributed by atoms with Crippen LogP contribution in [-0.4, -0.2) is 43.6 Å². The molecule has 0 saturated heterocycles. The predicted octanol–water partition coefficient (Wildman–Crippen LogP) is 0.722. The summed E-state index contributed by atoms with van der Waals surface area (Å²) in [5.74, 6) is -1.77. The molecule has 8 N–H and O–H groups in total. The average Bonchev–Trinajstić information content (AvgIpc) is 2.92. The van der Waals surface area contributed by atoms with Gasteiger partial charge in [-0.05, 0) is 48.5 Å². The van der Waals surface area contributed by atoms with E-state index in [1.807, 2.05) is 0 Å². The summed E-state index contributed by atoms with van der Waals surface area (Å²) < 4.78 is 0. The normalized spacial score (nSPS) is 8.89. The highest BCUT2D eigenvalue weighted by Gasteiger charge is 1.97. The van der Waals surface area contributed by atoms with Crippen molar-refractivity contribution in [2.75, 3.05) is 0 Å². The molecule has 36 heavy (non-hydrogen) atoms. The van der Waals surface area contributed by atoms with Crippen LogP contribution in [0.25, 0.3) is 0 Å². The molecule has 0 fully saturated rings. The molecule has 12 heteroatoms. The zero-order valence-electron chi connectivity index (χ0n) is 19.0. The van der Waals surface area contributed by atoms with Crippen molar-refractivity contribution in [3.8, 4) is 0 Å². The Balaban J connectivity index is 0.000000240. The van der Waals surface area contributed by atoms with Gasteiger partial charge in [-0.15, -0.1) is 0 Å². The minimum absolute atomic E-state index is 0.442. The molecule has 0 atom stereocenters. The van der Waals surface area contributed by atoms with Crippen LogP contribution in [0.3, 0.4) is 0 Å². The Morgan fingerprint density at radius 1 is 0.417 bits per heavy atom. The van der Waals surface area contributed by atoms with Crippen molar-refractivity contribution in [1.82, 2.24) is 19.9 Å². The lowest BCUT2D eigenvalue weighted by atomic mass is 10.3. The van der Waals surface area contributed by atoms with Gasteiger partial charge in [-0.2, -0.15) is 0 Å². The number of aromatic nitrogens is 4. The number of primary amides is 4. The van der Waals surface area contributed by atoms with Crippen LogP contribution < -0.4 is 22.9 Å². The summed E-state index contributed by atoms with van der Waals surface area (Å²) in [5, 5.41) is 0. The third-order valence-electron chi connectivity index (χ3n) is 3.78. The summed E-state index contributed by atoms with van der Waals surface area (Å²) in [6.45, 7) is 0. The zero-order chi connectivity index (χ0) is 26.8. The molecule has 12 nitrogen and oxygen atoms in total. The Bertz CT molecular complexity index is 1030. The van der Waals surface area contributed by atoms with Gasteiger partial charge in [-0.25, -0.2) is 0 Å². The maximum Gasteiger partial charge on any atom is 0.250 e. The Kier molecular flexibility index (Phi) is 12.8. The smallest absolute Gasteiger partial charge is 0.250 e. The lowest BCUT2D eigenvalue weighted by molar-refractivity contribution is 0.0991. The van der Waals surface area contributed by atoms with Crippen molar-refractivity contribution in [3.63, 3.8) is 0 Å². The number of carbonyl (C=O) groups is 4. The monoisotopic (exact) mass is 488 g/mol. The lowest BCUT2D eigenvalue weighted by Gasteiger charge is -1.88. The molecule has 0 aliphatic rings. The van der Waals surface area contributed by atoms with Crippen molar-refractivity contribution in [2.45, 2.75) is 0 Å². The van der Waals surface area contributed by atoms with E-state index in [1.165, 1.54) is 24.8 Å². The lowest BCUT2D eigenvalue weighted by Crippen LogP contribution is -2.10. The van der Waals surface area contributed by atoms with Crippen LogP contribution in [-0.2, 0) is 0 Å².